The lowest BCUT2D eigenvalue weighted by Crippen LogP contribution is -2.29. The number of halogens is 2. The van der Waals surface area contributed by atoms with Crippen molar-refractivity contribution in [1.29, 1.82) is 0 Å². The molecule has 0 aliphatic carbocycles. The summed E-state index contributed by atoms with van der Waals surface area (Å²) in [5.41, 5.74) is -0.179. The molecule has 1 saturated heterocycles. The molecule has 1 aromatic heterocycles. The van der Waals surface area contributed by atoms with E-state index < -0.39 is 33.6 Å². The SMILES string of the molecule is CS(=O)(=O)N1CCC[C@@H]1c1nnc(C(=O)Nc2ccc(F)cc2F)s1. The summed E-state index contributed by atoms with van der Waals surface area (Å²) in [6.45, 7) is 0.394. The van der Waals surface area contributed by atoms with Gasteiger partial charge in [0, 0.05) is 12.6 Å². The highest BCUT2D eigenvalue weighted by atomic mass is 32.2. The summed E-state index contributed by atoms with van der Waals surface area (Å²) in [5.74, 6) is -2.36. The molecule has 1 aliphatic heterocycles. The fourth-order valence-corrected chi connectivity index (χ4v) is 4.69. The summed E-state index contributed by atoms with van der Waals surface area (Å²) in [5, 5.41) is 10.3. The molecule has 1 aromatic carbocycles. The molecule has 0 bridgehead atoms. The Balaban J connectivity index is 1.78. The van der Waals surface area contributed by atoms with E-state index in [9.17, 15) is 22.0 Å². The molecule has 1 amide bonds. The Kier molecular flexibility index (Phi) is 4.80. The van der Waals surface area contributed by atoms with Crippen molar-refractivity contribution in [1.82, 2.24) is 14.5 Å². The van der Waals surface area contributed by atoms with E-state index >= 15 is 0 Å². The minimum Gasteiger partial charge on any atom is -0.317 e. The summed E-state index contributed by atoms with van der Waals surface area (Å²) in [7, 11) is -3.38. The van der Waals surface area contributed by atoms with Crippen LogP contribution in [0.2, 0.25) is 0 Å². The van der Waals surface area contributed by atoms with Crippen molar-refractivity contribution in [3.05, 3.63) is 39.8 Å². The van der Waals surface area contributed by atoms with Gasteiger partial charge in [0.15, 0.2) is 0 Å². The van der Waals surface area contributed by atoms with Crippen LogP contribution in [0.15, 0.2) is 18.2 Å². The second kappa shape index (κ2) is 6.73. The average Bonchev–Trinajstić information content (AvgIpc) is 3.17. The van der Waals surface area contributed by atoms with Gasteiger partial charge in [-0.3, -0.25) is 4.79 Å². The predicted molar refractivity (Wildman–Crippen MR) is 87.7 cm³/mol. The fraction of sp³-hybridized carbons (Fsp3) is 0.357. The average molecular weight is 388 g/mol. The van der Waals surface area contributed by atoms with E-state index in [1.165, 1.54) is 4.31 Å². The molecule has 2 aromatic rings. The third kappa shape index (κ3) is 3.83. The molecular weight excluding hydrogens is 374 g/mol. The zero-order chi connectivity index (χ0) is 18.2. The highest BCUT2D eigenvalue weighted by Gasteiger charge is 2.35. The van der Waals surface area contributed by atoms with Crippen molar-refractivity contribution in [3.63, 3.8) is 0 Å². The maximum Gasteiger partial charge on any atom is 0.286 e. The Morgan fingerprint density at radius 1 is 1.36 bits per heavy atom. The number of carbonyl (C=O) groups is 1. The molecule has 7 nitrogen and oxygen atoms in total. The van der Waals surface area contributed by atoms with Gasteiger partial charge in [-0.25, -0.2) is 17.2 Å². The molecule has 0 radical (unpaired) electrons. The van der Waals surface area contributed by atoms with E-state index in [-0.39, 0.29) is 10.7 Å². The Hall–Kier alpha value is -1.98. The van der Waals surface area contributed by atoms with Gasteiger partial charge in [0.25, 0.3) is 5.91 Å². The first-order valence-corrected chi connectivity index (χ1v) is 9.99. The number of benzene rings is 1. The number of aromatic nitrogens is 2. The summed E-state index contributed by atoms with van der Waals surface area (Å²) in [4.78, 5) is 12.2. The molecule has 2 heterocycles. The van der Waals surface area contributed by atoms with Crippen LogP contribution < -0.4 is 5.32 Å². The van der Waals surface area contributed by atoms with Crippen LogP contribution in [0.5, 0.6) is 0 Å². The fourth-order valence-electron chi connectivity index (χ4n) is 2.61. The van der Waals surface area contributed by atoms with Crippen molar-refractivity contribution in [3.8, 4) is 0 Å². The Labute approximate surface area is 146 Å². The number of nitrogens with zero attached hydrogens (tertiary/aromatic N) is 3. The van der Waals surface area contributed by atoms with Gasteiger partial charge in [0.2, 0.25) is 15.0 Å². The van der Waals surface area contributed by atoms with E-state index in [1.54, 1.807) is 0 Å². The number of rotatable bonds is 4. The minimum atomic E-state index is -3.38. The van der Waals surface area contributed by atoms with Crippen LogP contribution >= 0.6 is 11.3 Å². The smallest absolute Gasteiger partial charge is 0.286 e. The van der Waals surface area contributed by atoms with Gasteiger partial charge in [-0.05, 0) is 25.0 Å². The predicted octanol–water partition coefficient (Wildman–Crippen LogP) is 2.17. The molecule has 11 heteroatoms. The van der Waals surface area contributed by atoms with Crippen molar-refractivity contribution >= 4 is 33.0 Å². The quantitative estimate of drug-likeness (QED) is 0.867. The summed E-state index contributed by atoms with van der Waals surface area (Å²) >= 11 is 0.949. The minimum absolute atomic E-state index is 0.0286. The standard InChI is InChI=1S/C14H14F2N4O3S2/c1-25(22,23)20-6-2-3-11(20)13-18-19-14(24-13)12(21)17-10-5-4-8(15)7-9(10)16/h4-5,7,11H,2-3,6H2,1H3,(H,17,21)/t11-/m1/s1. The normalized spacial score (nSPS) is 18.4. The molecule has 134 valence electrons. The summed E-state index contributed by atoms with van der Waals surface area (Å²) < 4.78 is 51.4. The van der Waals surface area contributed by atoms with E-state index in [0.717, 1.165) is 29.7 Å². The van der Waals surface area contributed by atoms with E-state index in [2.05, 4.69) is 15.5 Å². The van der Waals surface area contributed by atoms with Crippen molar-refractivity contribution in [2.75, 3.05) is 18.1 Å². The molecule has 0 unspecified atom stereocenters. The zero-order valence-corrected chi connectivity index (χ0v) is 14.7. The number of anilines is 1. The highest BCUT2D eigenvalue weighted by Crippen LogP contribution is 2.35. The molecule has 25 heavy (non-hydrogen) atoms. The number of nitrogens with one attached hydrogen (secondary N) is 1. The van der Waals surface area contributed by atoms with Gasteiger partial charge >= 0.3 is 0 Å². The van der Waals surface area contributed by atoms with Gasteiger partial charge in [-0.1, -0.05) is 11.3 Å². The lowest BCUT2D eigenvalue weighted by molar-refractivity contribution is 0.102. The first-order chi connectivity index (χ1) is 11.8. The van der Waals surface area contributed by atoms with Crippen LogP contribution in [0.1, 0.15) is 33.7 Å². The Morgan fingerprint density at radius 3 is 2.80 bits per heavy atom. The lowest BCUT2D eigenvalue weighted by Gasteiger charge is -2.19. The molecule has 1 N–H and O–H groups in total. The number of hydrogen-bond donors (Lipinski definition) is 1. The highest BCUT2D eigenvalue weighted by molar-refractivity contribution is 7.88. The first-order valence-electron chi connectivity index (χ1n) is 7.32. The van der Waals surface area contributed by atoms with E-state index in [1.807, 2.05) is 0 Å². The monoisotopic (exact) mass is 388 g/mol. The van der Waals surface area contributed by atoms with Crippen LogP contribution in [0.25, 0.3) is 0 Å². The van der Waals surface area contributed by atoms with E-state index in [4.69, 9.17) is 0 Å². The number of hydrogen-bond acceptors (Lipinski definition) is 6. The first kappa shape index (κ1) is 17.8. The molecule has 3 rings (SSSR count). The van der Waals surface area contributed by atoms with Crippen molar-refractivity contribution in [2.24, 2.45) is 0 Å². The number of sulfonamides is 1. The lowest BCUT2D eigenvalue weighted by atomic mass is 10.2. The van der Waals surface area contributed by atoms with Gasteiger partial charge in [-0.15, -0.1) is 10.2 Å². The molecule has 1 aliphatic rings. The van der Waals surface area contributed by atoms with Gasteiger partial charge < -0.3 is 5.32 Å². The van der Waals surface area contributed by atoms with Crippen LogP contribution in [-0.4, -0.2) is 41.6 Å². The van der Waals surface area contributed by atoms with Gasteiger partial charge in [0.1, 0.15) is 16.6 Å². The maximum absolute atomic E-state index is 13.6. The Morgan fingerprint density at radius 2 is 2.12 bits per heavy atom. The second-order valence-corrected chi connectivity index (χ2v) is 8.50. The summed E-state index contributed by atoms with van der Waals surface area (Å²) in [6, 6.07) is 2.33. The molecule has 0 spiro atoms. The summed E-state index contributed by atoms with van der Waals surface area (Å²) in [6.07, 6.45) is 2.41. The molecule has 1 fully saturated rings. The Bertz CT molecular complexity index is 917. The van der Waals surface area contributed by atoms with Crippen LogP contribution in [0, 0.1) is 11.6 Å². The number of carbonyl (C=O) groups excluding carboxylic acids is 1. The zero-order valence-electron chi connectivity index (χ0n) is 13.1. The number of amides is 1. The maximum atomic E-state index is 13.6. The third-order valence-corrected chi connectivity index (χ3v) is 6.04. The largest absolute Gasteiger partial charge is 0.317 e. The van der Waals surface area contributed by atoms with Gasteiger partial charge in [-0.2, -0.15) is 4.31 Å². The topological polar surface area (TPSA) is 92.3 Å². The van der Waals surface area contributed by atoms with Crippen LogP contribution in [-0.2, 0) is 10.0 Å². The molecule has 1 atom stereocenters. The molecule has 0 saturated carbocycles. The van der Waals surface area contributed by atoms with Crippen LogP contribution in [0.3, 0.4) is 0 Å². The molecular formula is C14H14F2N4O3S2. The van der Waals surface area contributed by atoms with Crippen LogP contribution in [0.4, 0.5) is 14.5 Å². The second-order valence-electron chi connectivity index (χ2n) is 5.56. The van der Waals surface area contributed by atoms with E-state index in [0.29, 0.717) is 30.5 Å². The third-order valence-electron chi connectivity index (χ3n) is 3.73. The van der Waals surface area contributed by atoms with Crippen molar-refractivity contribution in [2.45, 2.75) is 18.9 Å². The van der Waals surface area contributed by atoms with Gasteiger partial charge in [0.05, 0.1) is 18.0 Å². The van der Waals surface area contributed by atoms with Crippen molar-refractivity contribution < 1.29 is 22.0 Å².